The number of aryl methyl sites for hydroxylation is 1. The first kappa shape index (κ1) is 18.2. The summed E-state index contributed by atoms with van der Waals surface area (Å²) >= 11 is 16.3. The summed E-state index contributed by atoms with van der Waals surface area (Å²) in [5.41, 5.74) is 2.13. The minimum absolute atomic E-state index is 0.0648. The third kappa shape index (κ3) is 3.79. The summed E-state index contributed by atoms with van der Waals surface area (Å²) in [5, 5.41) is 4.97. The van der Waals surface area contributed by atoms with E-state index in [2.05, 4.69) is 9.84 Å². The standard InChI is InChI=1S/C15H14Cl2F2N2OS2/c1-21-13(22-15(18)19)11(17)12(20-21)8-3-4-10(16)9(7-8)14-23-5-2-6-24-14/h3-4,7,14-15H,2,5-6H2,1H3. The number of hydrogen-bond donors (Lipinski definition) is 0. The number of rotatable bonds is 4. The second-order valence-electron chi connectivity index (χ2n) is 5.13. The maximum Gasteiger partial charge on any atom is 0.388 e. The van der Waals surface area contributed by atoms with Gasteiger partial charge in [-0.25, -0.2) is 4.68 Å². The van der Waals surface area contributed by atoms with Crippen LogP contribution in [-0.2, 0) is 7.05 Å². The molecule has 3 rings (SSSR count). The smallest absolute Gasteiger partial charge is 0.388 e. The van der Waals surface area contributed by atoms with Crippen LogP contribution in [0.2, 0.25) is 10.0 Å². The van der Waals surface area contributed by atoms with Crippen molar-refractivity contribution in [2.24, 2.45) is 7.05 Å². The molecule has 1 aliphatic heterocycles. The summed E-state index contributed by atoms with van der Waals surface area (Å²) in [7, 11) is 1.51. The minimum Gasteiger partial charge on any atom is -0.416 e. The molecule has 0 N–H and O–H groups in total. The quantitative estimate of drug-likeness (QED) is 0.630. The van der Waals surface area contributed by atoms with Crippen LogP contribution in [0.1, 0.15) is 16.6 Å². The van der Waals surface area contributed by atoms with Crippen molar-refractivity contribution < 1.29 is 13.5 Å². The average molecular weight is 411 g/mol. The van der Waals surface area contributed by atoms with E-state index in [1.54, 1.807) is 12.1 Å². The van der Waals surface area contributed by atoms with Gasteiger partial charge in [-0.3, -0.25) is 0 Å². The minimum atomic E-state index is -2.96. The molecule has 0 spiro atoms. The van der Waals surface area contributed by atoms with Crippen LogP contribution >= 0.6 is 46.7 Å². The van der Waals surface area contributed by atoms with Gasteiger partial charge in [-0.2, -0.15) is 13.9 Å². The van der Waals surface area contributed by atoms with E-state index in [4.69, 9.17) is 23.2 Å². The van der Waals surface area contributed by atoms with Gasteiger partial charge in [0.1, 0.15) is 10.7 Å². The van der Waals surface area contributed by atoms with Gasteiger partial charge in [0.15, 0.2) is 0 Å². The molecule has 2 aromatic rings. The SMILES string of the molecule is Cn1nc(-c2ccc(Cl)c(C3SCCCS3)c2)c(Cl)c1OC(F)F. The fraction of sp³-hybridized carbons (Fsp3) is 0.400. The number of nitrogens with zero attached hydrogens (tertiary/aromatic N) is 2. The number of aromatic nitrogens is 2. The zero-order valence-corrected chi connectivity index (χ0v) is 15.8. The van der Waals surface area contributed by atoms with Crippen LogP contribution in [0.4, 0.5) is 8.78 Å². The second-order valence-corrected chi connectivity index (χ2v) is 8.64. The molecule has 1 aliphatic rings. The average Bonchev–Trinajstić information content (AvgIpc) is 2.84. The van der Waals surface area contributed by atoms with Gasteiger partial charge in [-0.1, -0.05) is 29.3 Å². The Bertz CT molecular complexity index is 737. The van der Waals surface area contributed by atoms with Crippen molar-refractivity contribution in [1.82, 2.24) is 9.78 Å². The highest BCUT2D eigenvalue weighted by atomic mass is 35.5. The number of alkyl halides is 2. The van der Waals surface area contributed by atoms with E-state index in [0.29, 0.717) is 10.7 Å². The molecule has 0 radical (unpaired) electrons. The van der Waals surface area contributed by atoms with Gasteiger partial charge < -0.3 is 4.74 Å². The molecule has 0 saturated carbocycles. The number of halogens is 4. The van der Waals surface area contributed by atoms with Crippen LogP contribution in [0.3, 0.4) is 0 Å². The normalized spacial score (nSPS) is 15.9. The zero-order chi connectivity index (χ0) is 17.3. The third-order valence-electron chi connectivity index (χ3n) is 3.49. The van der Waals surface area contributed by atoms with Crippen molar-refractivity contribution in [3.8, 4) is 17.1 Å². The maximum absolute atomic E-state index is 12.5. The monoisotopic (exact) mass is 410 g/mol. The topological polar surface area (TPSA) is 27.1 Å². The van der Waals surface area contributed by atoms with Gasteiger partial charge in [0.05, 0.1) is 4.58 Å². The molecule has 1 fully saturated rings. The fourth-order valence-electron chi connectivity index (χ4n) is 2.42. The lowest BCUT2D eigenvalue weighted by Crippen LogP contribution is -2.06. The molecule has 1 aromatic heterocycles. The number of ether oxygens (including phenoxy) is 1. The van der Waals surface area contributed by atoms with Gasteiger partial charge in [0, 0.05) is 17.6 Å². The summed E-state index contributed by atoms with van der Waals surface area (Å²) in [6, 6.07) is 5.50. The Kier molecular flexibility index (Phi) is 5.85. The molecule has 2 heterocycles. The van der Waals surface area contributed by atoms with Crippen molar-refractivity contribution in [3.63, 3.8) is 0 Å². The molecule has 9 heteroatoms. The Balaban J connectivity index is 1.98. The molecule has 0 bridgehead atoms. The highest BCUT2D eigenvalue weighted by molar-refractivity contribution is 8.16. The molecular weight excluding hydrogens is 397 g/mol. The predicted molar refractivity (Wildman–Crippen MR) is 97.6 cm³/mol. The van der Waals surface area contributed by atoms with Crippen molar-refractivity contribution in [3.05, 3.63) is 33.8 Å². The summed E-state index contributed by atoms with van der Waals surface area (Å²) in [6.07, 6.45) is 1.18. The Morgan fingerprint density at radius 3 is 2.67 bits per heavy atom. The lowest BCUT2D eigenvalue weighted by Gasteiger charge is -2.22. The third-order valence-corrected chi connectivity index (χ3v) is 7.15. The van der Waals surface area contributed by atoms with Gasteiger partial charge in [-0.15, -0.1) is 23.5 Å². The fourth-order valence-corrected chi connectivity index (χ4v) is 6.03. The van der Waals surface area contributed by atoms with Crippen LogP contribution in [0, 0.1) is 0 Å². The van der Waals surface area contributed by atoms with E-state index in [-0.39, 0.29) is 15.5 Å². The van der Waals surface area contributed by atoms with Gasteiger partial charge >= 0.3 is 6.61 Å². The van der Waals surface area contributed by atoms with Crippen molar-refractivity contribution in [2.45, 2.75) is 17.6 Å². The summed E-state index contributed by atoms with van der Waals surface area (Å²) in [6.45, 7) is -2.96. The van der Waals surface area contributed by atoms with Crippen LogP contribution in [0.25, 0.3) is 11.3 Å². The first-order valence-corrected chi connectivity index (χ1v) is 10.0. The summed E-state index contributed by atoms with van der Waals surface area (Å²) in [4.78, 5) is 0. The summed E-state index contributed by atoms with van der Waals surface area (Å²) < 4.78 is 30.9. The van der Waals surface area contributed by atoms with E-state index in [1.807, 2.05) is 29.6 Å². The first-order chi connectivity index (χ1) is 11.5. The van der Waals surface area contributed by atoms with E-state index in [0.717, 1.165) is 22.6 Å². The number of benzene rings is 1. The van der Waals surface area contributed by atoms with Crippen LogP contribution in [-0.4, -0.2) is 27.9 Å². The molecule has 130 valence electrons. The molecule has 0 amide bonds. The molecule has 0 aliphatic carbocycles. The van der Waals surface area contributed by atoms with Gasteiger partial charge in [0.25, 0.3) is 0 Å². The molecule has 0 unspecified atom stereocenters. The van der Waals surface area contributed by atoms with E-state index in [1.165, 1.54) is 18.2 Å². The highest BCUT2D eigenvalue weighted by Gasteiger charge is 2.23. The largest absolute Gasteiger partial charge is 0.416 e. The number of thioether (sulfide) groups is 2. The maximum atomic E-state index is 12.5. The molecule has 24 heavy (non-hydrogen) atoms. The van der Waals surface area contributed by atoms with E-state index >= 15 is 0 Å². The Morgan fingerprint density at radius 1 is 1.29 bits per heavy atom. The molecule has 3 nitrogen and oxygen atoms in total. The summed E-state index contributed by atoms with van der Waals surface area (Å²) in [5.74, 6) is 2.03. The highest BCUT2D eigenvalue weighted by Crippen LogP contribution is 2.47. The molecule has 1 aromatic carbocycles. The Morgan fingerprint density at radius 2 is 2.00 bits per heavy atom. The Hall–Kier alpha value is -0.630. The van der Waals surface area contributed by atoms with Crippen LogP contribution < -0.4 is 4.74 Å². The Labute approximate surface area is 157 Å². The molecular formula is C15H14Cl2F2N2OS2. The van der Waals surface area contributed by atoms with Gasteiger partial charge in [-0.05, 0) is 35.6 Å². The zero-order valence-electron chi connectivity index (χ0n) is 12.6. The van der Waals surface area contributed by atoms with Crippen molar-refractivity contribution in [2.75, 3.05) is 11.5 Å². The lowest BCUT2D eigenvalue weighted by molar-refractivity contribution is -0.0552. The number of hydrogen-bond acceptors (Lipinski definition) is 4. The second kappa shape index (κ2) is 7.72. The first-order valence-electron chi connectivity index (χ1n) is 7.17. The lowest BCUT2D eigenvalue weighted by atomic mass is 10.1. The van der Waals surface area contributed by atoms with Crippen molar-refractivity contribution >= 4 is 46.7 Å². The van der Waals surface area contributed by atoms with E-state index in [9.17, 15) is 8.78 Å². The molecule has 0 atom stereocenters. The van der Waals surface area contributed by atoms with Crippen molar-refractivity contribution in [1.29, 1.82) is 0 Å². The van der Waals surface area contributed by atoms with E-state index < -0.39 is 6.61 Å². The van der Waals surface area contributed by atoms with Gasteiger partial charge in [0.2, 0.25) is 5.88 Å². The predicted octanol–water partition coefficient (Wildman–Crippen LogP) is 5.86. The van der Waals surface area contributed by atoms with Crippen LogP contribution in [0.15, 0.2) is 18.2 Å². The molecule has 1 saturated heterocycles. The van der Waals surface area contributed by atoms with Crippen LogP contribution in [0.5, 0.6) is 5.88 Å².